The molecule has 3 aliphatic carbocycles. The van der Waals surface area contributed by atoms with E-state index in [-0.39, 0.29) is 30.6 Å². The molecule has 1 aromatic rings. The minimum atomic E-state index is -0.893. The van der Waals surface area contributed by atoms with Gasteiger partial charge < -0.3 is 43.7 Å². The van der Waals surface area contributed by atoms with Gasteiger partial charge in [-0.05, 0) is 62.6 Å². The van der Waals surface area contributed by atoms with Gasteiger partial charge in [0.2, 0.25) is 0 Å². The van der Waals surface area contributed by atoms with Crippen molar-refractivity contribution < 1.29 is 43.7 Å². The van der Waals surface area contributed by atoms with Crippen LogP contribution in [0.1, 0.15) is 49.7 Å². The zero-order valence-electron chi connectivity index (χ0n) is 24.1. The van der Waals surface area contributed by atoms with E-state index in [1.165, 1.54) is 24.8 Å². The van der Waals surface area contributed by atoms with Gasteiger partial charge >= 0.3 is 0 Å². The summed E-state index contributed by atoms with van der Waals surface area (Å²) in [5.74, 6) is 1.47. The molecule has 0 amide bonds. The molecule has 6 rings (SSSR count). The van der Waals surface area contributed by atoms with Crippen molar-refractivity contribution in [3.05, 3.63) is 23.3 Å². The lowest BCUT2D eigenvalue weighted by atomic mass is 9.48. The summed E-state index contributed by atoms with van der Waals surface area (Å²) in [5, 5.41) is 32.0. The van der Waals surface area contributed by atoms with Crippen LogP contribution in [0.2, 0.25) is 0 Å². The van der Waals surface area contributed by atoms with Crippen molar-refractivity contribution >= 4 is 0 Å². The van der Waals surface area contributed by atoms with Crippen LogP contribution in [0.3, 0.4) is 0 Å². The van der Waals surface area contributed by atoms with Gasteiger partial charge in [0, 0.05) is 18.2 Å². The fourth-order valence-corrected chi connectivity index (χ4v) is 8.07. The zero-order chi connectivity index (χ0) is 28.3. The summed E-state index contributed by atoms with van der Waals surface area (Å²) in [4.78, 5) is 2.57. The van der Waals surface area contributed by atoms with Crippen LogP contribution in [0.25, 0.3) is 0 Å². The van der Waals surface area contributed by atoms with Gasteiger partial charge in [-0.15, -0.1) is 0 Å². The molecule has 2 aliphatic heterocycles. The molecule has 2 unspecified atom stereocenters. The predicted molar refractivity (Wildman–Crippen MR) is 150 cm³/mol. The third kappa shape index (κ3) is 5.51. The van der Waals surface area contributed by atoms with Crippen LogP contribution < -0.4 is 4.74 Å². The highest BCUT2D eigenvalue weighted by Crippen LogP contribution is 2.65. The molecule has 2 heterocycles. The van der Waals surface area contributed by atoms with E-state index in [9.17, 15) is 10.2 Å². The van der Waals surface area contributed by atoms with Crippen molar-refractivity contribution in [3.8, 4) is 11.5 Å². The average molecular weight is 578 g/mol. The van der Waals surface area contributed by atoms with E-state index in [2.05, 4.69) is 4.90 Å². The van der Waals surface area contributed by atoms with Crippen LogP contribution in [-0.2, 0) is 35.5 Å². The number of rotatable bonds is 17. The number of hydrogen-bond donors (Lipinski definition) is 3. The van der Waals surface area contributed by atoms with E-state index < -0.39 is 11.0 Å². The van der Waals surface area contributed by atoms with Crippen LogP contribution in [0.15, 0.2) is 12.1 Å². The first-order valence-corrected chi connectivity index (χ1v) is 15.6. The van der Waals surface area contributed by atoms with Crippen LogP contribution in [0, 0.1) is 5.92 Å². The lowest BCUT2D eigenvalue weighted by Gasteiger charge is -2.64. The van der Waals surface area contributed by atoms with E-state index in [0.29, 0.717) is 71.6 Å². The van der Waals surface area contributed by atoms with Gasteiger partial charge in [0.15, 0.2) is 11.5 Å². The average Bonchev–Trinajstić information content (AvgIpc) is 3.30. The lowest BCUT2D eigenvalue weighted by Crippen LogP contribution is -2.77. The first-order valence-electron chi connectivity index (χ1n) is 15.6. The summed E-state index contributed by atoms with van der Waals surface area (Å²) in [7, 11) is 0. The first kappa shape index (κ1) is 29.6. The van der Waals surface area contributed by atoms with Gasteiger partial charge in [-0.25, -0.2) is 0 Å². The van der Waals surface area contributed by atoms with Crippen molar-refractivity contribution in [2.75, 3.05) is 79.2 Å². The maximum absolute atomic E-state index is 12.6. The fraction of sp³-hybridized carbons (Fsp3) is 0.806. The second-order valence-corrected chi connectivity index (χ2v) is 12.3. The molecule has 5 atom stereocenters. The van der Waals surface area contributed by atoms with Crippen molar-refractivity contribution in [1.29, 1.82) is 0 Å². The number of aliphatic hydroxyl groups excluding tert-OH is 1. The lowest BCUT2D eigenvalue weighted by molar-refractivity contribution is -0.218. The predicted octanol–water partition coefficient (Wildman–Crippen LogP) is 1.79. The molecular formula is C31H47NO9. The number of hydrogen-bond acceptors (Lipinski definition) is 10. The van der Waals surface area contributed by atoms with Crippen molar-refractivity contribution in [1.82, 2.24) is 4.90 Å². The first-order chi connectivity index (χ1) is 20.1. The summed E-state index contributed by atoms with van der Waals surface area (Å²) >= 11 is 0. The molecule has 1 saturated heterocycles. The highest BCUT2D eigenvalue weighted by Gasteiger charge is 2.73. The molecular weight excluding hydrogens is 530 g/mol. The topological polar surface area (TPSA) is 119 Å². The number of aliphatic hydroxyl groups is 2. The molecule has 0 aromatic heterocycles. The number of aromatic hydroxyl groups is 1. The fourth-order valence-electron chi connectivity index (χ4n) is 8.07. The van der Waals surface area contributed by atoms with Crippen LogP contribution in [0.4, 0.5) is 0 Å². The zero-order valence-corrected chi connectivity index (χ0v) is 24.1. The SMILES string of the molecule is OCCOCCOCCOCCOCCOC1CC[C@@]2(O)[C@H]3Cc4ccc(O)c5c4[C@@]2(CCN3CC2CCC2)C1O5. The number of likely N-dealkylation sites (tertiary alicyclic amines) is 1. The quantitative estimate of drug-likeness (QED) is 0.237. The Morgan fingerprint density at radius 3 is 2.22 bits per heavy atom. The maximum Gasteiger partial charge on any atom is 0.165 e. The summed E-state index contributed by atoms with van der Waals surface area (Å²) in [6, 6.07) is 3.87. The molecule has 230 valence electrons. The number of nitrogens with zero attached hydrogens (tertiary/aromatic N) is 1. The molecule has 1 aromatic carbocycles. The Kier molecular flexibility index (Phi) is 9.38. The normalized spacial score (nSPS) is 32.0. The molecule has 0 radical (unpaired) electrons. The molecule has 2 saturated carbocycles. The van der Waals surface area contributed by atoms with Crippen LogP contribution in [0.5, 0.6) is 11.5 Å². The monoisotopic (exact) mass is 577 g/mol. The minimum absolute atomic E-state index is 0.0204. The van der Waals surface area contributed by atoms with Crippen LogP contribution >= 0.6 is 0 Å². The Bertz CT molecular complexity index is 1020. The minimum Gasteiger partial charge on any atom is -0.504 e. The third-order valence-corrected chi connectivity index (χ3v) is 10.1. The molecule has 3 N–H and O–H groups in total. The Labute approximate surface area is 242 Å². The highest BCUT2D eigenvalue weighted by atomic mass is 16.6. The molecule has 10 nitrogen and oxygen atoms in total. The Morgan fingerprint density at radius 2 is 1.56 bits per heavy atom. The number of piperidine rings is 1. The highest BCUT2D eigenvalue weighted by molar-refractivity contribution is 5.62. The van der Waals surface area contributed by atoms with Gasteiger partial charge in [-0.1, -0.05) is 12.5 Å². The molecule has 10 heteroatoms. The van der Waals surface area contributed by atoms with E-state index in [0.717, 1.165) is 43.8 Å². The summed E-state index contributed by atoms with van der Waals surface area (Å²) in [6.07, 6.45) is 6.43. The second kappa shape index (κ2) is 13.0. The molecule has 3 fully saturated rings. The standard InChI is InChI=1S/C31H47NO9/c33-10-11-36-12-13-37-14-15-38-16-17-39-18-19-40-25-6-7-31(35)26-20-23-4-5-24(34)28-27(23)30(31,29(25)41-28)8-9-32(26)21-22-2-1-3-22/h4-5,22,25-26,29,33-35H,1-3,6-21H2/t25?,26-,29?,30+,31-/m1/s1. The number of benzene rings is 1. The van der Waals surface area contributed by atoms with Gasteiger partial charge in [-0.2, -0.15) is 0 Å². The van der Waals surface area contributed by atoms with E-state index in [1.807, 2.05) is 6.07 Å². The Hall–Kier alpha value is -1.50. The molecule has 5 aliphatic rings. The van der Waals surface area contributed by atoms with E-state index >= 15 is 0 Å². The van der Waals surface area contributed by atoms with Crippen molar-refractivity contribution in [2.45, 2.75) is 74.2 Å². The Balaban J connectivity index is 1.00. The summed E-state index contributed by atoms with van der Waals surface area (Å²) in [5.41, 5.74) is 0.793. The summed E-state index contributed by atoms with van der Waals surface area (Å²) in [6.45, 7) is 6.11. The van der Waals surface area contributed by atoms with Crippen molar-refractivity contribution in [3.63, 3.8) is 0 Å². The largest absolute Gasteiger partial charge is 0.504 e. The Morgan fingerprint density at radius 1 is 0.878 bits per heavy atom. The maximum atomic E-state index is 12.6. The third-order valence-electron chi connectivity index (χ3n) is 10.1. The van der Waals surface area contributed by atoms with Gasteiger partial charge in [0.05, 0.1) is 83.2 Å². The molecule has 1 spiro atoms. The van der Waals surface area contributed by atoms with Gasteiger partial charge in [-0.3, -0.25) is 4.90 Å². The number of phenolic OH excluding ortho intramolecular Hbond substituents is 1. The van der Waals surface area contributed by atoms with E-state index in [4.69, 9.17) is 33.5 Å². The second-order valence-electron chi connectivity index (χ2n) is 12.3. The van der Waals surface area contributed by atoms with Gasteiger partial charge in [0.25, 0.3) is 0 Å². The number of phenols is 1. The van der Waals surface area contributed by atoms with E-state index in [1.54, 1.807) is 6.07 Å². The van der Waals surface area contributed by atoms with Gasteiger partial charge in [0.1, 0.15) is 6.10 Å². The van der Waals surface area contributed by atoms with Crippen LogP contribution in [-0.4, -0.2) is 123 Å². The molecule has 2 bridgehead atoms. The smallest absolute Gasteiger partial charge is 0.165 e. The van der Waals surface area contributed by atoms with Crippen molar-refractivity contribution in [2.24, 2.45) is 5.92 Å². The number of ether oxygens (including phenoxy) is 6. The summed E-state index contributed by atoms with van der Waals surface area (Å²) < 4.78 is 34.8. The molecule has 41 heavy (non-hydrogen) atoms.